The van der Waals surface area contributed by atoms with Gasteiger partial charge in [0.15, 0.2) is 0 Å². The number of benzene rings is 2. The van der Waals surface area contributed by atoms with Gasteiger partial charge in [0.25, 0.3) is 0 Å². The lowest BCUT2D eigenvalue weighted by Crippen LogP contribution is -2.33. The van der Waals surface area contributed by atoms with Gasteiger partial charge in [0.05, 0.1) is 7.11 Å². The number of ether oxygens (including phenoxy) is 1. The third-order valence-corrected chi connectivity index (χ3v) is 4.70. The van der Waals surface area contributed by atoms with Crippen LogP contribution in [0.15, 0.2) is 54.6 Å². The molecule has 3 heteroatoms. The Morgan fingerprint density at radius 1 is 1.00 bits per heavy atom. The van der Waals surface area contributed by atoms with E-state index in [0.29, 0.717) is 12.0 Å². The van der Waals surface area contributed by atoms with Crippen LogP contribution in [0.2, 0.25) is 0 Å². The molecule has 0 aliphatic heterocycles. The van der Waals surface area contributed by atoms with E-state index in [-0.39, 0.29) is 12.4 Å². The number of hydrogen-bond acceptors (Lipinski definition) is 2. The van der Waals surface area contributed by atoms with Crippen LogP contribution in [-0.4, -0.2) is 13.2 Å². The molecule has 0 heterocycles. The molecule has 1 N–H and O–H groups in total. The molecule has 3 rings (SSSR count). The van der Waals surface area contributed by atoms with Crippen LogP contribution in [0.1, 0.15) is 42.7 Å². The lowest BCUT2D eigenvalue weighted by Gasteiger charge is -2.30. The zero-order valence-corrected chi connectivity index (χ0v) is 14.5. The summed E-state index contributed by atoms with van der Waals surface area (Å²) in [5, 5.41) is 3.74. The van der Waals surface area contributed by atoms with Crippen molar-refractivity contribution < 1.29 is 4.74 Å². The van der Waals surface area contributed by atoms with Gasteiger partial charge in [0.2, 0.25) is 0 Å². The Morgan fingerprint density at radius 3 is 2.43 bits per heavy atom. The van der Waals surface area contributed by atoms with Crippen LogP contribution in [0.4, 0.5) is 0 Å². The van der Waals surface area contributed by atoms with E-state index >= 15 is 0 Å². The third kappa shape index (κ3) is 4.98. The van der Waals surface area contributed by atoms with Gasteiger partial charge < -0.3 is 10.1 Å². The van der Waals surface area contributed by atoms with Crippen molar-refractivity contribution in [3.63, 3.8) is 0 Å². The largest absolute Gasteiger partial charge is 0.497 e. The van der Waals surface area contributed by atoms with Gasteiger partial charge >= 0.3 is 0 Å². The first-order valence-electron chi connectivity index (χ1n) is 8.26. The van der Waals surface area contributed by atoms with Crippen molar-refractivity contribution in [1.82, 2.24) is 5.32 Å². The average Bonchev–Trinajstić information content (AvgIpc) is 2.61. The molecule has 23 heavy (non-hydrogen) atoms. The summed E-state index contributed by atoms with van der Waals surface area (Å²) >= 11 is 0. The van der Waals surface area contributed by atoms with Gasteiger partial charge in [0.1, 0.15) is 5.75 Å². The van der Waals surface area contributed by atoms with Crippen LogP contribution in [0.25, 0.3) is 0 Å². The first-order chi connectivity index (χ1) is 10.8. The molecule has 2 aromatic rings. The minimum atomic E-state index is 0. The monoisotopic (exact) mass is 331 g/mol. The second-order valence-corrected chi connectivity index (χ2v) is 6.20. The van der Waals surface area contributed by atoms with Gasteiger partial charge in [-0.1, -0.05) is 48.9 Å². The third-order valence-electron chi connectivity index (χ3n) is 4.70. The molecule has 0 aromatic heterocycles. The number of halogens is 1. The van der Waals surface area contributed by atoms with Gasteiger partial charge in [0, 0.05) is 12.6 Å². The molecule has 0 spiro atoms. The maximum absolute atomic E-state index is 5.25. The fraction of sp³-hybridized carbons (Fsp3) is 0.400. The molecule has 1 fully saturated rings. The van der Waals surface area contributed by atoms with E-state index in [1.807, 2.05) is 0 Å². The molecule has 0 radical (unpaired) electrons. The highest BCUT2D eigenvalue weighted by Gasteiger charge is 2.22. The van der Waals surface area contributed by atoms with E-state index in [2.05, 4.69) is 59.9 Å². The van der Waals surface area contributed by atoms with Gasteiger partial charge in [-0.2, -0.15) is 0 Å². The van der Waals surface area contributed by atoms with E-state index in [4.69, 9.17) is 4.74 Å². The normalized spacial score (nSPS) is 20.6. The lowest BCUT2D eigenvalue weighted by atomic mass is 9.81. The van der Waals surface area contributed by atoms with Crippen LogP contribution >= 0.6 is 12.4 Å². The number of hydrogen-bond donors (Lipinski definition) is 1. The highest BCUT2D eigenvalue weighted by atomic mass is 35.5. The topological polar surface area (TPSA) is 21.3 Å². The number of methoxy groups -OCH3 is 1. The highest BCUT2D eigenvalue weighted by Crippen LogP contribution is 2.33. The second kappa shape index (κ2) is 8.95. The standard InChI is InChI=1S/C20H25NO.ClH/c1-22-20-12-10-17(11-13-20)18-8-5-9-19(14-18)21-15-16-6-3-2-4-7-16;/h2-4,6-7,10-13,18-19,21H,5,8-9,14-15H2,1H3;1H/t18-,19-;/m1./s1. The quantitative estimate of drug-likeness (QED) is 0.838. The van der Waals surface area contributed by atoms with E-state index in [9.17, 15) is 0 Å². The summed E-state index contributed by atoms with van der Waals surface area (Å²) in [6.45, 7) is 0.973. The zero-order chi connectivity index (χ0) is 15.2. The summed E-state index contributed by atoms with van der Waals surface area (Å²) < 4.78 is 5.25. The fourth-order valence-electron chi connectivity index (χ4n) is 3.41. The number of rotatable bonds is 5. The van der Waals surface area contributed by atoms with E-state index in [1.165, 1.54) is 36.8 Å². The van der Waals surface area contributed by atoms with E-state index in [1.54, 1.807) is 7.11 Å². The highest BCUT2D eigenvalue weighted by molar-refractivity contribution is 5.85. The van der Waals surface area contributed by atoms with Crippen molar-refractivity contribution in [2.24, 2.45) is 0 Å². The molecule has 2 aromatic carbocycles. The van der Waals surface area contributed by atoms with Crippen LogP contribution in [-0.2, 0) is 6.54 Å². The Bertz CT molecular complexity index is 570. The van der Waals surface area contributed by atoms with Crippen molar-refractivity contribution in [1.29, 1.82) is 0 Å². The molecular formula is C20H26ClNO. The van der Waals surface area contributed by atoms with Crippen LogP contribution < -0.4 is 10.1 Å². The summed E-state index contributed by atoms with van der Waals surface area (Å²) in [6, 6.07) is 19.9. The first-order valence-corrected chi connectivity index (χ1v) is 8.26. The smallest absolute Gasteiger partial charge is 0.118 e. The lowest BCUT2D eigenvalue weighted by molar-refractivity contribution is 0.338. The number of nitrogens with one attached hydrogen (secondary N) is 1. The summed E-state index contributed by atoms with van der Waals surface area (Å²) in [7, 11) is 1.72. The van der Waals surface area contributed by atoms with Gasteiger partial charge in [-0.05, 0) is 48.4 Å². The zero-order valence-electron chi connectivity index (χ0n) is 13.7. The Balaban J connectivity index is 0.00000192. The molecule has 0 amide bonds. The van der Waals surface area contributed by atoms with Crippen molar-refractivity contribution in [2.45, 2.75) is 44.2 Å². The summed E-state index contributed by atoms with van der Waals surface area (Å²) in [5.74, 6) is 1.62. The maximum atomic E-state index is 5.25. The Morgan fingerprint density at radius 2 is 1.74 bits per heavy atom. The molecule has 0 bridgehead atoms. The molecule has 0 saturated heterocycles. The van der Waals surface area contributed by atoms with Crippen molar-refractivity contribution >= 4 is 12.4 Å². The molecule has 1 aliphatic carbocycles. The molecule has 1 saturated carbocycles. The van der Waals surface area contributed by atoms with Crippen molar-refractivity contribution in [2.75, 3.05) is 7.11 Å². The van der Waals surface area contributed by atoms with Gasteiger partial charge in [-0.3, -0.25) is 0 Å². The van der Waals surface area contributed by atoms with Gasteiger partial charge in [-0.15, -0.1) is 12.4 Å². The minimum absolute atomic E-state index is 0. The van der Waals surface area contributed by atoms with Crippen molar-refractivity contribution in [3.8, 4) is 5.75 Å². The summed E-state index contributed by atoms with van der Waals surface area (Å²) in [6.07, 6.45) is 5.14. The minimum Gasteiger partial charge on any atom is -0.497 e. The van der Waals surface area contributed by atoms with Crippen LogP contribution in [0.3, 0.4) is 0 Å². The predicted octanol–water partition coefficient (Wildman–Crippen LogP) is 4.93. The Labute approximate surface area is 145 Å². The van der Waals surface area contributed by atoms with E-state index < -0.39 is 0 Å². The maximum Gasteiger partial charge on any atom is 0.118 e. The van der Waals surface area contributed by atoms with Crippen LogP contribution in [0, 0.1) is 0 Å². The van der Waals surface area contributed by atoms with Gasteiger partial charge in [-0.25, -0.2) is 0 Å². The summed E-state index contributed by atoms with van der Waals surface area (Å²) in [4.78, 5) is 0. The molecule has 1 aliphatic rings. The average molecular weight is 332 g/mol. The molecule has 124 valence electrons. The van der Waals surface area contributed by atoms with Crippen LogP contribution in [0.5, 0.6) is 5.75 Å². The fourth-order valence-corrected chi connectivity index (χ4v) is 3.41. The predicted molar refractivity (Wildman–Crippen MR) is 98.5 cm³/mol. The molecule has 2 atom stereocenters. The Hall–Kier alpha value is -1.51. The molecular weight excluding hydrogens is 306 g/mol. The molecule has 0 unspecified atom stereocenters. The molecule has 2 nitrogen and oxygen atoms in total. The SMILES string of the molecule is COc1ccc([C@@H]2CCC[C@@H](NCc3ccccc3)C2)cc1.Cl. The van der Waals surface area contributed by atoms with Crippen molar-refractivity contribution in [3.05, 3.63) is 65.7 Å². The Kier molecular flexibility index (Phi) is 6.94. The summed E-state index contributed by atoms with van der Waals surface area (Å²) in [5.41, 5.74) is 2.82. The van der Waals surface area contributed by atoms with E-state index in [0.717, 1.165) is 12.3 Å². The first kappa shape index (κ1) is 17.8. The second-order valence-electron chi connectivity index (χ2n) is 6.20.